The standard InChI is InChI=1S/C27H41BrN2O6/c1-7-9-10-11-13-35-26(34)20-21-24(32)30(19(15-31)16(3)4)23(25(33)29(12-8-2)17(5)6)27(21)14-18(28)22(20)36-27/h7-8,16-23,31H,1-2,9-15H2,3-6H3/t18?,19-,20-,21-,22-,23?,27?/m0/s1. The molecule has 0 aromatic heterocycles. The highest BCUT2D eigenvalue weighted by Crippen LogP contribution is 2.61. The molecule has 8 nitrogen and oxygen atoms in total. The number of halogens is 1. The van der Waals surface area contributed by atoms with Gasteiger partial charge in [0, 0.05) is 17.4 Å². The summed E-state index contributed by atoms with van der Waals surface area (Å²) in [5.41, 5.74) is -1.17. The minimum Gasteiger partial charge on any atom is -0.465 e. The number of likely N-dealkylation sites (tertiary alicyclic amines) is 1. The van der Waals surface area contributed by atoms with Crippen LogP contribution in [-0.4, -0.2) is 87.1 Å². The van der Waals surface area contributed by atoms with E-state index in [1.807, 2.05) is 33.8 Å². The number of alkyl halides is 1. The summed E-state index contributed by atoms with van der Waals surface area (Å²) in [6.45, 7) is 15.4. The topological polar surface area (TPSA) is 96.4 Å². The number of allylic oxidation sites excluding steroid dienone is 1. The van der Waals surface area contributed by atoms with E-state index in [0.717, 1.165) is 12.8 Å². The Morgan fingerprint density at radius 1 is 1.28 bits per heavy atom. The summed E-state index contributed by atoms with van der Waals surface area (Å²) < 4.78 is 12.1. The van der Waals surface area contributed by atoms with Gasteiger partial charge in [-0.25, -0.2) is 0 Å². The van der Waals surface area contributed by atoms with Crippen molar-refractivity contribution in [3.05, 3.63) is 25.3 Å². The fourth-order valence-electron chi connectivity index (χ4n) is 6.10. The number of rotatable bonds is 13. The molecule has 36 heavy (non-hydrogen) atoms. The highest BCUT2D eigenvalue weighted by atomic mass is 79.9. The average molecular weight is 570 g/mol. The summed E-state index contributed by atoms with van der Waals surface area (Å²) in [6, 6.07) is -1.67. The Kier molecular flexibility index (Phi) is 9.44. The smallest absolute Gasteiger partial charge is 0.312 e. The van der Waals surface area contributed by atoms with E-state index in [1.165, 1.54) is 4.90 Å². The van der Waals surface area contributed by atoms with Crippen LogP contribution in [0.25, 0.3) is 0 Å². The fourth-order valence-corrected chi connectivity index (χ4v) is 7.05. The van der Waals surface area contributed by atoms with Crippen LogP contribution in [0.15, 0.2) is 25.3 Å². The van der Waals surface area contributed by atoms with Crippen LogP contribution in [0, 0.1) is 17.8 Å². The number of hydrogen-bond acceptors (Lipinski definition) is 6. The molecule has 2 amide bonds. The average Bonchev–Trinajstić information content (AvgIpc) is 3.41. The first-order chi connectivity index (χ1) is 17.1. The van der Waals surface area contributed by atoms with Crippen LogP contribution < -0.4 is 0 Å². The van der Waals surface area contributed by atoms with Crippen molar-refractivity contribution in [2.24, 2.45) is 17.8 Å². The van der Waals surface area contributed by atoms with Crippen molar-refractivity contribution in [1.82, 2.24) is 9.80 Å². The normalized spacial score (nSPS) is 31.6. The third kappa shape index (κ3) is 4.90. The molecule has 3 fully saturated rings. The molecule has 0 radical (unpaired) electrons. The highest BCUT2D eigenvalue weighted by Gasteiger charge is 2.77. The minimum atomic E-state index is -1.17. The molecule has 3 heterocycles. The number of amides is 2. The van der Waals surface area contributed by atoms with Gasteiger partial charge in [-0.2, -0.15) is 0 Å². The number of ether oxygens (including phenoxy) is 2. The molecule has 0 aromatic rings. The van der Waals surface area contributed by atoms with E-state index < -0.39 is 41.6 Å². The molecular weight excluding hydrogens is 528 g/mol. The van der Waals surface area contributed by atoms with Gasteiger partial charge >= 0.3 is 5.97 Å². The van der Waals surface area contributed by atoms with Crippen LogP contribution in [0.2, 0.25) is 0 Å². The summed E-state index contributed by atoms with van der Waals surface area (Å²) in [5.74, 6) is -2.79. The Morgan fingerprint density at radius 3 is 2.53 bits per heavy atom. The lowest BCUT2D eigenvalue weighted by Gasteiger charge is -2.41. The van der Waals surface area contributed by atoms with E-state index in [9.17, 15) is 19.5 Å². The number of nitrogens with zero attached hydrogens (tertiary/aromatic N) is 2. The predicted octanol–water partition coefficient (Wildman–Crippen LogP) is 3.07. The fraction of sp³-hybridized carbons (Fsp3) is 0.741. The Hall–Kier alpha value is -1.71. The van der Waals surface area contributed by atoms with Gasteiger partial charge in [0.05, 0.1) is 37.2 Å². The van der Waals surface area contributed by atoms with Crippen molar-refractivity contribution in [3.63, 3.8) is 0 Å². The summed E-state index contributed by atoms with van der Waals surface area (Å²) in [5, 5.41) is 10.3. The van der Waals surface area contributed by atoms with Crippen LogP contribution >= 0.6 is 15.9 Å². The molecule has 7 atom stereocenters. The third-order valence-corrected chi connectivity index (χ3v) is 8.67. The largest absolute Gasteiger partial charge is 0.465 e. The zero-order valence-corrected chi connectivity index (χ0v) is 23.5. The first-order valence-corrected chi connectivity index (χ1v) is 13.9. The maximum Gasteiger partial charge on any atom is 0.312 e. The molecule has 0 aromatic carbocycles. The van der Waals surface area contributed by atoms with Gasteiger partial charge in [0.1, 0.15) is 11.6 Å². The van der Waals surface area contributed by atoms with E-state index in [-0.39, 0.29) is 41.8 Å². The van der Waals surface area contributed by atoms with Gasteiger partial charge in [-0.05, 0) is 45.4 Å². The SMILES string of the molecule is C=CCCCCOC(=O)[C@H]1[C@H]2C(=O)N([C@@H](CO)C(C)C)C(C(=O)N(CC=C)C(C)C)C23CC(Br)[C@@H]1O3. The highest BCUT2D eigenvalue weighted by molar-refractivity contribution is 9.09. The zero-order valence-electron chi connectivity index (χ0n) is 21.9. The molecule has 2 bridgehead atoms. The van der Waals surface area contributed by atoms with Gasteiger partial charge < -0.3 is 24.4 Å². The van der Waals surface area contributed by atoms with E-state index in [4.69, 9.17) is 9.47 Å². The first-order valence-electron chi connectivity index (χ1n) is 13.0. The minimum absolute atomic E-state index is 0.108. The number of hydrogen-bond donors (Lipinski definition) is 1. The van der Waals surface area contributed by atoms with Crippen LogP contribution in [0.5, 0.6) is 0 Å². The maximum absolute atomic E-state index is 14.1. The molecule has 9 heteroatoms. The second-order valence-corrected chi connectivity index (χ2v) is 11.9. The van der Waals surface area contributed by atoms with Crippen molar-refractivity contribution in [2.75, 3.05) is 19.8 Å². The van der Waals surface area contributed by atoms with E-state index >= 15 is 0 Å². The molecule has 1 spiro atoms. The van der Waals surface area contributed by atoms with Crippen LogP contribution in [0.4, 0.5) is 0 Å². The molecule has 3 aliphatic rings. The van der Waals surface area contributed by atoms with Crippen LogP contribution in [-0.2, 0) is 23.9 Å². The monoisotopic (exact) mass is 568 g/mol. The number of unbranched alkanes of at least 4 members (excludes halogenated alkanes) is 2. The molecule has 202 valence electrons. The van der Waals surface area contributed by atoms with Crippen LogP contribution in [0.3, 0.4) is 0 Å². The van der Waals surface area contributed by atoms with Gasteiger partial charge in [0.25, 0.3) is 0 Å². The molecule has 3 unspecified atom stereocenters. The predicted molar refractivity (Wildman–Crippen MR) is 140 cm³/mol. The van der Waals surface area contributed by atoms with Gasteiger partial charge in [-0.15, -0.1) is 13.2 Å². The number of carbonyl (C=O) groups is 3. The number of esters is 1. The second kappa shape index (κ2) is 11.8. The molecular formula is C27H41BrN2O6. The molecule has 3 saturated heterocycles. The van der Waals surface area contributed by atoms with E-state index in [1.54, 1.807) is 11.0 Å². The van der Waals surface area contributed by atoms with Gasteiger partial charge in [0.15, 0.2) is 0 Å². The second-order valence-electron chi connectivity index (χ2n) is 10.7. The van der Waals surface area contributed by atoms with E-state index in [2.05, 4.69) is 29.1 Å². The summed E-state index contributed by atoms with van der Waals surface area (Å²) in [6.07, 6.45) is 5.75. The lowest BCUT2D eigenvalue weighted by Crippen LogP contribution is -2.60. The Balaban J connectivity index is 2.01. The number of aliphatic hydroxyl groups is 1. The number of carbonyl (C=O) groups excluding carboxylic acids is 3. The third-order valence-electron chi connectivity index (χ3n) is 7.83. The van der Waals surface area contributed by atoms with Crippen molar-refractivity contribution in [1.29, 1.82) is 0 Å². The summed E-state index contributed by atoms with van der Waals surface area (Å²) in [7, 11) is 0. The van der Waals surface area contributed by atoms with Crippen molar-refractivity contribution in [3.8, 4) is 0 Å². The summed E-state index contributed by atoms with van der Waals surface area (Å²) in [4.78, 5) is 44.5. The van der Waals surface area contributed by atoms with Crippen molar-refractivity contribution in [2.45, 2.75) is 88.0 Å². The lowest BCUT2D eigenvalue weighted by molar-refractivity contribution is -0.157. The van der Waals surface area contributed by atoms with Gasteiger partial charge in [0.2, 0.25) is 11.8 Å². The van der Waals surface area contributed by atoms with Crippen LogP contribution in [0.1, 0.15) is 53.4 Å². The van der Waals surface area contributed by atoms with Gasteiger partial charge in [-0.1, -0.05) is 41.9 Å². The Bertz CT molecular complexity index is 863. The number of fused-ring (bicyclic) bond motifs is 1. The Labute approximate surface area is 223 Å². The molecule has 1 N–H and O–H groups in total. The molecule has 3 rings (SSSR count). The molecule has 0 saturated carbocycles. The Morgan fingerprint density at radius 2 is 1.97 bits per heavy atom. The lowest BCUT2D eigenvalue weighted by atomic mass is 9.70. The van der Waals surface area contributed by atoms with Crippen molar-refractivity contribution >= 4 is 33.7 Å². The molecule has 3 aliphatic heterocycles. The zero-order chi connectivity index (χ0) is 26.8. The molecule has 0 aliphatic carbocycles. The van der Waals surface area contributed by atoms with Gasteiger partial charge in [-0.3, -0.25) is 14.4 Å². The van der Waals surface area contributed by atoms with Crippen molar-refractivity contribution < 1.29 is 29.0 Å². The number of aliphatic hydroxyl groups excluding tert-OH is 1. The summed E-state index contributed by atoms with van der Waals surface area (Å²) >= 11 is 3.67. The van der Waals surface area contributed by atoms with E-state index in [0.29, 0.717) is 19.4 Å². The quantitative estimate of drug-likeness (QED) is 0.159. The first kappa shape index (κ1) is 28.9. The maximum atomic E-state index is 14.1.